The van der Waals surface area contributed by atoms with E-state index in [1.807, 2.05) is 42.6 Å². The number of aliphatic hydroxyl groups is 1. The molecule has 0 unspecified atom stereocenters. The van der Waals surface area contributed by atoms with Crippen molar-refractivity contribution >= 4 is 11.3 Å². The lowest BCUT2D eigenvalue weighted by Crippen LogP contribution is -2.01. The van der Waals surface area contributed by atoms with E-state index in [-0.39, 0.29) is 0 Å². The zero-order valence-electron chi connectivity index (χ0n) is 9.31. The van der Waals surface area contributed by atoms with Crippen LogP contribution in [0.4, 0.5) is 0 Å². The maximum Gasteiger partial charge on any atom is 0.125 e. The fraction of sp³-hybridized carbons (Fsp3) is 0.231. The molecule has 0 aliphatic heterocycles. The molecular formula is C13H14O2S. The third-order valence-corrected chi connectivity index (χ3v) is 3.42. The van der Waals surface area contributed by atoms with Crippen LogP contribution in [0.25, 0.3) is 0 Å². The topological polar surface area (TPSA) is 29.5 Å². The van der Waals surface area contributed by atoms with Crippen LogP contribution in [0.5, 0.6) is 5.75 Å². The first-order valence-corrected chi connectivity index (χ1v) is 5.96. The first kappa shape index (κ1) is 11.2. The van der Waals surface area contributed by atoms with Crippen LogP contribution in [0.1, 0.15) is 22.1 Å². The number of ether oxygens (including phenoxy) is 1. The first-order valence-electron chi connectivity index (χ1n) is 5.08. The number of aryl methyl sites for hydroxylation is 1. The van der Waals surface area contributed by atoms with E-state index in [2.05, 4.69) is 0 Å². The highest BCUT2D eigenvalue weighted by Crippen LogP contribution is 2.32. The van der Waals surface area contributed by atoms with Gasteiger partial charge in [0.1, 0.15) is 11.9 Å². The van der Waals surface area contributed by atoms with Gasteiger partial charge in [-0.2, -0.15) is 0 Å². The molecule has 3 heteroatoms. The van der Waals surface area contributed by atoms with Crippen molar-refractivity contribution in [2.45, 2.75) is 13.0 Å². The molecule has 0 saturated heterocycles. The summed E-state index contributed by atoms with van der Waals surface area (Å²) in [4.78, 5) is 0.934. The Balaban J connectivity index is 2.42. The maximum atomic E-state index is 10.2. The minimum atomic E-state index is -0.602. The maximum absolute atomic E-state index is 10.2. The number of thiophene rings is 1. The molecule has 0 aliphatic carbocycles. The largest absolute Gasteiger partial charge is 0.496 e. The van der Waals surface area contributed by atoms with Crippen molar-refractivity contribution in [3.8, 4) is 5.75 Å². The molecule has 2 nitrogen and oxygen atoms in total. The smallest absolute Gasteiger partial charge is 0.125 e. The van der Waals surface area contributed by atoms with Crippen LogP contribution in [-0.2, 0) is 0 Å². The van der Waals surface area contributed by atoms with Gasteiger partial charge in [0.2, 0.25) is 0 Å². The predicted molar refractivity (Wildman–Crippen MR) is 66.1 cm³/mol. The van der Waals surface area contributed by atoms with Crippen molar-refractivity contribution in [1.82, 2.24) is 0 Å². The summed E-state index contributed by atoms with van der Waals surface area (Å²) >= 11 is 1.55. The van der Waals surface area contributed by atoms with E-state index < -0.39 is 6.10 Å². The molecule has 2 rings (SSSR count). The fourth-order valence-corrected chi connectivity index (χ4v) is 2.39. The highest BCUT2D eigenvalue weighted by Gasteiger charge is 2.16. The molecule has 1 atom stereocenters. The number of aliphatic hydroxyl groups excluding tert-OH is 1. The van der Waals surface area contributed by atoms with Crippen molar-refractivity contribution in [1.29, 1.82) is 0 Å². The molecule has 2 aromatic rings. The van der Waals surface area contributed by atoms with Crippen molar-refractivity contribution in [3.05, 3.63) is 51.7 Å². The van der Waals surface area contributed by atoms with E-state index in [4.69, 9.17) is 4.74 Å². The van der Waals surface area contributed by atoms with Gasteiger partial charge in [0, 0.05) is 10.4 Å². The molecule has 0 saturated carbocycles. The molecule has 16 heavy (non-hydrogen) atoms. The van der Waals surface area contributed by atoms with Gasteiger partial charge in [-0.3, -0.25) is 0 Å². The highest BCUT2D eigenvalue weighted by atomic mass is 32.1. The molecule has 0 spiro atoms. The van der Waals surface area contributed by atoms with E-state index in [0.717, 1.165) is 21.8 Å². The van der Waals surface area contributed by atoms with Crippen LogP contribution in [0.3, 0.4) is 0 Å². The summed E-state index contributed by atoms with van der Waals surface area (Å²) in [5, 5.41) is 12.2. The minimum absolute atomic E-state index is 0.602. The van der Waals surface area contributed by atoms with E-state index >= 15 is 0 Å². The van der Waals surface area contributed by atoms with Crippen molar-refractivity contribution in [2.24, 2.45) is 0 Å². The molecule has 1 aromatic carbocycles. The SMILES string of the molecule is COc1ccc(C)cc1[C@@H](O)c1cccs1. The highest BCUT2D eigenvalue weighted by molar-refractivity contribution is 7.10. The molecular weight excluding hydrogens is 220 g/mol. The van der Waals surface area contributed by atoms with Gasteiger partial charge >= 0.3 is 0 Å². The zero-order valence-corrected chi connectivity index (χ0v) is 10.1. The predicted octanol–water partition coefficient (Wildman–Crippen LogP) is 3.15. The van der Waals surface area contributed by atoms with Gasteiger partial charge in [0.15, 0.2) is 0 Å². The summed E-state index contributed by atoms with van der Waals surface area (Å²) in [6, 6.07) is 9.69. The summed E-state index contributed by atoms with van der Waals surface area (Å²) in [5.41, 5.74) is 1.94. The van der Waals surface area contributed by atoms with Crippen LogP contribution < -0.4 is 4.74 Å². The number of hydrogen-bond acceptors (Lipinski definition) is 3. The number of methoxy groups -OCH3 is 1. The number of hydrogen-bond donors (Lipinski definition) is 1. The minimum Gasteiger partial charge on any atom is -0.496 e. The van der Waals surface area contributed by atoms with Gasteiger partial charge in [0.25, 0.3) is 0 Å². The lowest BCUT2D eigenvalue weighted by Gasteiger charge is -2.14. The Morgan fingerprint density at radius 3 is 2.75 bits per heavy atom. The van der Waals surface area contributed by atoms with Crippen molar-refractivity contribution in [2.75, 3.05) is 7.11 Å². The van der Waals surface area contributed by atoms with Gasteiger partial charge in [-0.15, -0.1) is 11.3 Å². The fourth-order valence-electron chi connectivity index (χ4n) is 1.67. The molecule has 0 fully saturated rings. The normalized spacial score (nSPS) is 12.4. The zero-order chi connectivity index (χ0) is 11.5. The van der Waals surface area contributed by atoms with Crippen LogP contribution in [-0.4, -0.2) is 12.2 Å². The Bertz CT molecular complexity index is 463. The lowest BCUT2D eigenvalue weighted by atomic mass is 10.0. The van der Waals surface area contributed by atoms with Crippen LogP contribution in [0.15, 0.2) is 35.7 Å². The quantitative estimate of drug-likeness (QED) is 0.884. The Labute approximate surface area is 99.1 Å². The molecule has 1 N–H and O–H groups in total. The van der Waals surface area contributed by atoms with Crippen LogP contribution in [0.2, 0.25) is 0 Å². The third kappa shape index (κ3) is 2.10. The Morgan fingerprint density at radius 1 is 1.31 bits per heavy atom. The molecule has 1 heterocycles. The number of benzene rings is 1. The summed E-state index contributed by atoms with van der Waals surface area (Å²) in [5.74, 6) is 0.728. The van der Waals surface area contributed by atoms with Crippen molar-refractivity contribution < 1.29 is 9.84 Å². The average Bonchev–Trinajstić information content (AvgIpc) is 2.81. The molecule has 0 amide bonds. The molecule has 1 aromatic heterocycles. The van der Waals surface area contributed by atoms with E-state index in [0.29, 0.717) is 0 Å². The summed E-state index contributed by atoms with van der Waals surface area (Å²) in [6.45, 7) is 2.00. The van der Waals surface area contributed by atoms with E-state index in [1.54, 1.807) is 18.4 Å². The Hall–Kier alpha value is -1.32. The van der Waals surface area contributed by atoms with E-state index in [1.165, 1.54) is 0 Å². The van der Waals surface area contributed by atoms with Gasteiger partial charge in [0.05, 0.1) is 7.11 Å². The number of rotatable bonds is 3. The van der Waals surface area contributed by atoms with Gasteiger partial charge in [-0.05, 0) is 30.5 Å². The standard InChI is InChI=1S/C13H14O2S/c1-9-5-6-11(15-2)10(8-9)13(14)12-4-3-7-16-12/h3-8,13-14H,1-2H3/t13-/m1/s1. The Morgan fingerprint density at radius 2 is 2.12 bits per heavy atom. The van der Waals surface area contributed by atoms with Crippen molar-refractivity contribution in [3.63, 3.8) is 0 Å². The molecule has 0 aliphatic rings. The van der Waals surface area contributed by atoms with Gasteiger partial charge in [-0.1, -0.05) is 17.7 Å². The molecule has 0 bridgehead atoms. The second kappa shape index (κ2) is 4.68. The Kier molecular flexibility index (Phi) is 3.27. The van der Waals surface area contributed by atoms with Crippen LogP contribution in [0, 0.1) is 6.92 Å². The van der Waals surface area contributed by atoms with Gasteiger partial charge in [-0.25, -0.2) is 0 Å². The second-order valence-electron chi connectivity index (χ2n) is 3.66. The summed E-state index contributed by atoms with van der Waals surface area (Å²) in [6.07, 6.45) is -0.602. The third-order valence-electron chi connectivity index (χ3n) is 2.49. The molecule has 84 valence electrons. The average molecular weight is 234 g/mol. The summed E-state index contributed by atoms with van der Waals surface area (Å²) in [7, 11) is 1.62. The second-order valence-corrected chi connectivity index (χ2v) is 4.64. The lowest BCUT2D eigenvalue weighted by molar-refractivity contribution is 0.218. The molecule has 0 radical (unpaired) electrons. The summed E-state index contributed by atoms with van der Waals surface area (Å²) < 4.78 is 5.26. The monoisotopic (exact) mass is 234 g/mol. The first-order chi connectivity index (χ1) is 7.72. The van der Waals surface area contributed by atoms with E-state index in [9.17, 15) is 5.11 Å². The van der Waals surface area contributed by atoms with Gasteiger partial charge < -0.3 is 9.84 Å². The van der Waals surface area contributed by atoms with Crippen LogP contribution >= 0.6 is 11.3 Å².